The molecular formula is C32H32F2N4O4. The number of alkyl halides is 2. The van der Waals surface area contributed by atoms with Gasteiger partial charge in [-0.25, -0.2) is 13.8 Å². The number of methoxy groups -OCH3 is 1. The van der Waals surface area contributed by atoms with Crippen molar-refractivity contribution in [2.24, 2.45) is 5.92 Å². The van der Waals surface area contributed by atoms with Crippen LogP contribution in [0.4, 0.5) is 8.78 Å². The summed E-state index contributed by atoms with van der Waals surface area (Å²) in [5.41, 5.74) is -0.554. The normalized spacial score (nSPS) is 27.3. The maximum Gasteiger partial charge on any atom is 0.250 e. The van der Waals surface area contributed by atoms with Gasteiger partial charge >= 0.3 is 0 Å². The second-order valence-corrected chi connectivity index (χ2v) is 10.8. The zero-order valence-corrected chi connectivity index (χ0v) is 23.4. The summed E-state index contributed by atoms with van der Waals surface area (Å²) >= 11 is 0. The molecule has 8 nitrogen and oxygen atoms in total. The Labute approximate surface area is 243 Å². The standard InChI is InChI=1S/C31H28F2N4O3.CH4O/c1-39-28-27-26(16-24(18-35)36-28)40-31(22-9-7-20(17-34)8-10-22)25(21-5-3-2-4-6-21)15-23(30(27,31)38)19-37-13-11-29(32,33)12-14-37;1-2/h2-10,16,23,25,38H,11-15,19H2,1H3;2H,1H3. The Morgan fingerprint density at radius 2 is 1.71 bits per heavy atom. The van der Waals surface area contributed by atoms with Crippen LogP contribution < -0.4 is 9.47 Å². The van der Waals surface area contributed by atoms with E-state index in [2.05, 4.69) is 11.1 Å². The molecule has 10 heteroatoms. The number of aromatic nitrogens is 1. The molecule has 2 aromatic carbocycles. The van der Waals surface area contributed by atoms with Gasteiger partial charge in [0.15, 0.2) is 5.60 Å². The van der Waals surface area contributed by atoms with Crippen LogP contribution in [0.1, 0.15) is 53.1 Å². The predicted molar refractivity (Wildman–Crippen MR) is 149 cm³/mol. The average Bonchev–Trinajstić information content (AvgIpc) is 3.43. The molecule has 0 bridgehead atoms. The number of rotatable bonds is 5. The minimum absolute atomic E-state index is 0.0835. The summed E-state index contributed by atoms with van der Waals surface area (Å²) in [6.07, 6.45) is 0.0328. The molecular weight excluding hydrogens is 542 g/mol. The fourth-order valence-electron chi connectivity index (χ4n) is 6.95. The van der Waals surface area contributed by atoms with Crippen LogP contribution in [0.2, 0.25) is 0 Å². The van der Waals surface area contributed by atoms with Crippen molar-refractivity contribution in [3.8, 4) is 23.8 Å². The lowest BCUT2D eigenvalue weighted by molar-refractivity contribution is -0.135. The Hall–Kier alpha value is -4.09. The lowest BCUT2D eigenvalue weighted by Gasteiger charge is -2.43. The fraction of sp³-hybridized carbons (Fsp3) is 0.406. The first kappa shape index (κ1) is 29.4. The van der Waals surface area contributed by atoms with Gasteiger partial charge in [0.1, 0.15) is 23.1 Å². The summed E-state index contributed by atoms with van der Waals surface area (Å²) in [6, 6.07) is 22.4. The number of nitrogens with zero attached hydrogens (tertiary/aromatic N) is 4. The molecule has 2 fully saturated rings. The van der Waals surface area contributed by atoms with E-state index in [-0.39, 0.29) is 43.4 Å². The predicted octanol–water partition coefficient (Wildman–Crippen LogP) is 4.45. The van der Waals surface area contributed by atoms with E-state index in [1.165, 1.54) is 13.2 Å². The molecule has 0 spiro atoms. The molecule has 1 saturated heterocycles. The summed E-state index contributed by atoms with van der Waals surface area (Å²) in [5, 5.41) is 39.2. The van der Waals surface area contributed by atoms with Gasteiger partial charge in [-0.05, 0) is 29.7 Å². The van der Waals surface area contributed by atoms with Crippen molar-refractivity contribution in [1.29, 1.82) is 10.5 Å². The van der Waals surface area contributed by atoms with Gasteiger partial charge in [-0.1, -0.05) is 42.5 Å². The van der Waals surface area contributed by atoms with E-state index in [0.29, 0.717) is 35.4 Å². The van der Waals surface area contributed by atoms with Crippen molar-refractivity contribution >= 4 is 0 Å². The first-order chi connectivity index (χ1) is 20.3. The zero-order chi connectivity index (χ0) is 30.1. The molecule has 0 amide bonds. The molecule has 6 rings (SSSR count). The minimum atomic E-state index is -2.69. The number of pyridine rings is 1. The van der Waals surface area contributed by atoms with Crippen LogP contribution in [0.5, 0.6) is 11.6 Å². The molecule has 0 radical (unpaired) electrons. The van der Waals surface area contributed by atoms with Crippen LogP contribution in [0, 0.1) is 28.6 Å². The highest BCUT2D eigenvalue weighted by Crippen LogP contribution is 2.70. The topological polar surface area (TPSA) is 123 Å². The first-order valence-corrected chi connectivity index (χ1v) is 13.8. The molecule has 1 aromatic heterocycles. The Balaban J connectivity index is 0.00000173. The molecule has 3 aromatic rings. The third-order valence-electron chi connectivity index (χ3n) is 8.79. The van der Waals surface area contributed by atoms with Crippen molar-refractivity contribution in [1.82, 2.24) is 9.88 Å². The second-order valence-electron chi connectivity index (χ2n) is 10.8. The molecule has 218 valence electrons. The molecule has 3 heterocycles. The third-order valence-corrected chi connectivity index (χ3v) is 8.79. The van der Waals surface area contributed by atoms with E-state index in [9.17, 15) is 24.4 Å². The average molecular weight is 575 g/mol. The Kier molecular flexibility index (Phi) is 7.91. The quantitative estimate of drug-likeness (QED) is 0.458. The lowest BCUT2D eigenvalue weighted by Crippen LogP contribution is -2.53. The van der Waals surface area contributed by atoms with Gasteiger partial charge < -0.3 is 24.6 Å². The van der Waals surface area contributed by atoms with Crippen LogP contribution in [-0.2, 0) is 11.2 Å². The molecule has 42 heavy (non-hydrogen) atoms. The number of likely N-dealkylation sites (tertiary alicyclic amines) is 1. The van der Waals surface area contributed by atoms with Gasteiger partial charge in [-0.3, -0.25) is 0 Å². The molecule has 3 aliphatic rings. The van der Waals surface area contributed by atoms with E-state index in [1.54, 1.807) is 24.3 Å². The highest BCUT2D eigenvalue weighted by Gasteiger charge is 2.73. The largest absolute Gasteiger partial charge is 0.481 e. The monoisotopic (exact) mass is 574 g/mol. The molecule has 4 atom stereocenters. The molecule has 1 saturated carbocycles. The summed E-state index contributed by atoms with van der Waals surface area (Å²) in [4.78, 5) is 6.34. The summed E-state index contributed by atoms with van der Waals surface area (Å²) in [5.74, 6) is -3.11. The van der Waals surface area contributed by atoms with Gasteiger partial charge in [0.25, 0.3) is 5.92 Å². The van der Waals surface area contributed by atoms with Crippen molar-refractivity contribution in [3.05, 3.63) is 88.6 Å². The number of ether oxygens (including phenoxy) is 2. The van der Waals surface area contributed by atoms with Crippen LogP contribution >= 0.6 is 0 Å². The maximum absolute atomic E-state index is 14.0. The summed E-state index contributed by atoms with van der Waals surface area (Å²) < 4.78 is 40.5. The van der Waals surface area contributed by atoms with E-state index in [0.717, 1.165) is 12.7 Å². The van der Waals surface area contributed by atoms with Gasteiger partial charge in [-0.15, -0.1) is 0 Å². The van der Waals surface area contributed by atoms with Crippen LogP contribution in [0.3, 0.4) is 0 Å². The van der Waals surface area contributed by atoms with E-state index < -0.39 is 23.0 Å². The summed E-state index contributed by atoms with van der Waals surface area (Å²) in [6.45, 7) is 0.797. The number of halogens is 2. The lowest BCUT2D eigenvalue weighted by atomic mass is 9.70. The molecule has 4 unspecified atom stereocenters. The van der Waals surface area contributed by atoms with Gasteiger partial charge in [0.05, 0.1) is 24.3 Å². The minimum Gasteiger partial charge on any atom is -0.481 e. The van der Waals surface area contributed by atoms with Gasteiger partial charge in [-0.2, -0.15) is 10.5 Å². The van der Waals surface area contributed by atoms with Gasteiger partial charge in [0, 0.05) is 57.5 Å². The van der Waals surface area contributed by atoms with Gasteiger partial charge in [0.2, 0.25) is 5.88 Å². The van der Waals surface area contributed by atoms with Crippen molar-refractivity contribution in [2.45, 2.75) is 42.3 Å². The molecule has 2 N–H and O–H groups in total. The SMILES string of the molecule is CO.COc1nc(C#N)cc2c1C1(O)C(CN3CCC(F)(F)CC3)CC(c3ccccc3)C1(c1ccc(C#N)cc1)O2. The second kappa shape index (κ2) is 11.3. The smallest absolute Gasteiger partial charge is 0.250 e. The summed E-state index contributed by atoms with van der Waals surface area (Å²) in [7, 11) is 2.43. The maximum atomic E-state index is 14.0. The highest BCUT2D eigenvalue weighted by atomic mass is 19.3. The zero-order valence-electron chi connectivity index (χ0n) is 23.4. The van der Waals surface area contributed by atoms with Crippen LogP contribution in [0.25, 0.3) is 0 Å². The van der Waals surface area contributed by atoms with E-state index in [4.69, 9.17) is 14.6 Å². The number of aliphatic hydroxyl groups is 2. The van der Waals surface area contributed by atoms with E-state index in [1.807, 2.05) is 41.3 Å². The number of fused-ring (bicyclic) bond motifs is 3. The van der Waals surface area contributed by atoms with Crippen LogP contribution in [0.15, 0.2) is 60.7 Å². The number of piperidine rings is 1. The number of nitriles is 2. The number of hydrogen-bond donors (Lipinski definition) is 2. The van der Waals surface area contributed by atoms with Crippen molar-refractivity contribution < 1.29 is 28.5 Å². The molecule has 1 aliphatic carbocycles. The number of aliphatic hydroxyl groups excluding tert-OH is 1. The molecule has 2 aliphatic heterocycles. The fourth-order valence-corrected chi connectivity index (χ4v) is 6.95. The van der Waals surface area contributed by atoms with Crippen LogP contribution in [-0.4, -0.2) is 59.9 Å². The number of hydrogen-bond acceptors (Lipinski definition) is 8. The Morgan fingerprint density at radius 3 is 2.31 bits per heavy atom. The number of benzene rings is 2. The third kappa shape index (κ3) is 4.57. The Morgan fingerprint density at radius 1 is 1.05 bits per heavy atom. The first-order valence-electron chi connectivity index (χ1n) is 13.8. The van der Waals surface area contributed by atoms with Crippen molar-refractivity contribution in [3.63, 3.8) is 0 Å². The highest BCUT2D eigenvalue weighted by molar-refractivity contribution is 5.59. The Bertz CT molecular complexity index is 1510. The van der Waals surface area contributed by atoms with E-state index >= 15 is 0 Å². The van der Waals surface area contributed by atoms with Crippen molar-refractivity contribution in [2.75, 3.05) is 33.9 Å².